The number of pyridine rings is 1. The number of carboxylic acid groups (broad SMARTS) is 3. The molecule has 1 atom stereocenters. The van der Waals surface area contributed by atoms with Gasteiger partial charge in [0, 0.05) is 17.8 Å². The summed E-state index contributed by atoms with van der Waals surface area (Å²) in [4.78, 5) is 35.3. The van der Waals surface area contributed by atoms with Crippen molar-refractivity contribution in [1.82, 2.24) is 19.6 Å². The number of nitrogens with zero attached hydrogens (tertiary/aromatic N) is 4. The molecule has 0 amide bonds. The van der Waals surface area contributed by atoms with E-state index < -0.39 is 48.1 Å². The van der Waals surface area contributed by atoms with Gasteiger partial charge in [-0.3, -0.25) is 4.98 Å². The highest BCUT2D eigenvalue weighted by atomic mass is 19.4. The van der Waals surface area contributed by atoms with Crippen LogP contribution >= 0.6 is 0 Å². The van der Waals surface area contributed by atoms with Crippen LogP contribution in [0, 0.1) is 11.6 Å². The molecule has 23 heteroatoms. The number of hydrogen-bond acceptors (Lipinski definition) is 8. The molecule has 0 bridgehead atoms. The van der Waals surface area contributed by atoms with E-state index in [4.69, 9.17) is 35.4 Å². The zero-order valence-electron chi connectivity index (χ0n) is 25.6. The van der Waals surface area contributed by atoms with Crippen molar-refractivity contribution >= 4 is 40.6 Å². The van der Waals surface area contributed by atoms with Crippen LogP contribution in [0.1, 0.15) is 24.8 Å². The lowest BCUT2D eigenvalue weighted by Gasteiger charge is -2.20. The van der Waals surface area contributed by atoms with E-state index in [2.05, 4.69) is 26.5 Å². The monoisotopic (exact) mass is 760 g/mol. The fourth-order valence-corrected chi connectivity index (χ4v) is 3.92. The SMILES string of the molecule is NC1C=C(c2ccncc2Nc2ncc3ccc(-c4c(F)cccc4F)nn23)CCC1.O=C(O)C(F)(F)F.O=C(O)C(F)(F)F.O=C(O)C(F)(F)F. The standard InChI is InChI=1S/C23H20F2N6.3C2HF3O2/c24-18-5-2-6-19(25)22(18)20-8-7-16-12-28-23(31(16)30-20)29-21-13-27-10-9-17(21)14-3-1-4-15(26)11-14;3*3-2(4,5)1(6)7/h2,5-13,15H,1,3-4,26H2,(H,28,29);3*(H,6,7). The molecule has 282 valence electrons. The van der Waals surface area contributed by atoms with Crippen molar-refractivity contribution in [1.29, 1.82) is 0 Å². The van der Waals surface area contributed by atoms with Gasteiger partial charge in [-0.25, -0.2) is 28.1 Å². The van der Waals surface area contributed by atoms with E-state index in [1.54, 1.807) is 30.7 Å². The zero-order valence-corrected chi connectivity index (χ0v) is 25.6. The van der Waals surface area contributed by atoms with Crippen LogP contribution in [-0.2, 0) is 14.4 Å². The molecule has 0 aliphatic heterocycles. The lowest BCUT2D eigenvalue weighted by Crippen LogP contribution is -2.21. The van der Waals surface area contributed by atoms with Gasteiger partial charge in [0.15, 0.2) is 0 Å². The summed E-state index contributed by atoms with van der Waals surface area (Å²) < 4.78 is 125. The second kappa shape index (κ2) is 17.4. The Morgan fingerprint density at radius 1 is 0.808 bits per heavy atom. The lowest BCUT2D eigenvalue weighted by molar-refractivity contribution is -0.193. The molecule has 3 heterocycles. The quantitative estimate of drug-likeness (QED) is 0.141. The molecule has 3 aromatic heterocycles. The first-order valence-electron chi connectivity index (χ1n) is 13.8. The minimum Gasteiger partial charge on any atom is -0.475 e. The summed E-state index contributed by atoms with van der Waals surface area (Å²) in [7, 11) is 0. The Labute approximate surface area is 283 Å². The normalized spacial score (nSPS) is 14.3. The van der Waals surface area contributed by atoms with Crippen molar-refractivity contribution in [2.45, 2.75) is 43.8 Å². The summed E-state index contributed by atoms with van der Waals surface area (Å²) in [6, 6.07) is 9.02. The second-order valence-electron chi connectivity index (χ2n) is 9.94. The number of carboxylic acids is 3. The Hall–Kier alpha value is -5.87. The van der Waals surface area contributed by atoms with E-state index in [1.807, 2.05) is 6.07 Å². The molecule has 0 radical (unpaired) electrons. The number of nitrogens with two attached hydrogens (primary N) is 1. The third kappa shape index (κ3) is 12.5. The molecular formula is C29H23F11N6O6. The first-order valence-corrected chi connectivity index (χ1v) is 13.8. The molecule has 0 fully saturated rings. The molecule has 5 rings (SSSR count). The number of aromatic nitrogens is 4. The molecule has 0 spiro atoms. The van der Waals surface area contributed by atoms with Crippen LogP contribution in [0.3, 0.4) is 0 Å². The fourth-order valence-electron chi connectivity index (χ4n) is 3.92. The van der Waals surface area contributed by atoms with Crippen LogP contribution in [0.2, 0.25) is 0 Å². The number of carbonyl (C=O) groups is 3. The minimum atomic E-state index is -5.08. The summed E-state index contributed by atoms with van der Waals surface area (Å²) in [5.74, 6) is -9.19. The van der Waals surface area contributed by atoms with Crippen LogP contribution in [0.5, 0.6) is 0 Å². The highest BCUT2D eigenvalue weighted by Crippen LogP contribution is 2.32. The van der Waals surface area contributed by atoms with E-state index in [9.17, 15) is 48.3 Å². The maximum absolute atomic E-state index is 14.3. The summed E-state index contributed by atoms with van der Waals surface area (Å²) >= 11 is 0. The number of hydrogen-bond donors (Lipinski definition) is 5. The van der Waals surface area contributed by atoms with E-state index in [0.29, 0.717) is 11.5 Å². The molecule has 6 N–H and O–H groups in total. The predicted octanol–water partition coefficient (Wildman–Crippen LogP) is 6.61. The van der Waals surface area contributed by atoms with Gasteiger partial charge in [0.25, 0.3) is 0 Å². The molecule has 1 unspecified atom stereocenters. The summed E-state index contributed by atoms with van der Waals surface area (Å²) in [5.41, 5.74) is 9.73. The molecule has 1 aromatic carbocycles. The summed E-state index contributed by atoms with van der Waals surface area (Å²) in [5, 5.41) is 29.1. The van der Waals surface area contributed by atoms with Gasteiger partial charge in [0.05, 0.1) is 34.9 Å². The molecule has 1 aliphatic rings. The molecule has 0 saturated heterocycles. The average Bonchev–Trinajstić information content (AvgIpc) is 3.42. The number of halogens is 11. The van der Waals surface area contributed by atoms with Crippen molar-refractivity contribution in [2.24, 2.45) is 5.73 Å². The largest absolute Gasteiger partial charge is 0.490 e. The number of imidazole rings is 1. The van der Waals surface area contributed by atoms with Gasteiger partial charge in [0.2, 0.25) is 5.95 Å². The highest BCUT2D eigenvalue weighted by Gasteiger charge is 2.39. The van der Waals surface area contributed by atoms with E-state index >= 15 is 0 Å². The summed E-state index contributed by atoms with van der Waals surface area (Å²) in [6.07, 6.45) is -5.13. The van der Waals surface area contributed by atoms with Crippen LogP contribution in [0.15, 0.2) is 61.1 Å². The zero-order chi connectivity index (χ0) is 39.6. The average molecular weight is 761 g/mol. The van der Waals surface area contributed by atoms with Crippen molar-refractivity contribution in [3.8, 4) is 11.3 Å². The summed E-state index contributed by atoms with van der Waals surface area (Å²) in [6.45, 7) is 0. The van der Waals surface area contributed by atoms with Crippen molar-refractivity contribution < 1.29 is 78.0 Å². The number of rotatable bonds is 4. The number of alkyl halides is 9. The number of fused-ring (bicyclic) bond motifs is 1. The Morgan fingerprint density at radius 3 is 1.81 bits per heavy atom. The molecule has 12 nitrogen and oxygen atoms in total. The number of benzene rings is 1. The Morgan fingerprint density at radius 2 is 1.33 bits per heavy atom. The number of nitrogens with one attached hydrogen (secondary N) is 1. The van der Waals surface area contributed by atoms with Gasteiger partial charge in [0.1, 0.15) is 11.6 Å². The van der Waals surface area contributed by atoms with Gasteiger partial charge in [-0.1, -0.05) is 12.1 Å². The van der Waals surface area contributed by atoms with E-state index in [-0.39, 0.29) is 17.3 Å². The first kappa shape index (κ1) is 42.3. The Kier molecular flexibility index (Phi) is 14.1. The maximum atomic E-state index is 14.3. The van der Waals surface area contributed by atoms with E-state index in [1.165, 1.54) is 22.7 Å². The Bertz CT molecular complexity index is 1830. The molecule has 1 aliphatic carbocycles. The smallest absolute Gasteiger partial charge is 0.475 e. The van der Waals surface area contributed by atoms with Crippen molar-refractivity contribution in [2.75, 3.05) is 5.32 Å². The third-order valence-electron chi connectivity index (χ3n) is 6.14. The highest BCUT2D eigenvalue weighted by molar-refractivity contribution is 5.79. The van der Waals surface area contributed by atoms with Gasteiger partial charge in [-0.2, -0.15) is 49.1 Å². The van der Waals surface area contributed by atoms with Gasteiger partial charge in [-0.15, -0.1) is 0 Å². The second-order valence-corrected chi connectivity index (χ2v) is 9.94. The van der Waals surface area contributed by atoms with Crippen LogP contribution in [-0.4, -0.2) is 77.4 Å². The van der Waals surface area contributed by atoms with Crippen molar-refractivity contribution in [3.63, 3.8) is 0 Å². The topological polar surface area (TPSA) is 193 Å². The number of anilines is 2. The van der Waals surface area contributed by atoms with Crippen LogP contribution < -0.4 is 11.1 Å². The minimum absolute atomic E-state index is 0.0388. The van der Waals surface area contributed by atoms with E-state index in [0.717, 1.165) is 36.1 Å². The van der Waals surface area contributed by atoms with Gasteiger partial charge in [-0.05, 0) is 55.2 Å². The van der Waals surface area contributed by atoms with Gasteiger partial charge >= 0.3 is 36.4 Å². The fraction of sp³-hybridized carbons (Fsp3) is 0.241. The lowest BCUT2D eigenvalue weighted by atomic mass is 9.91. The predicted molar refractivity (Wildman–Crippen MR) is 157 cm³/mol. The molecular weight excluding hydrogens is 737 g/mol. The van der Waals surface area contributed by atoms with Gasteiger partial charge < -0.3 is 26.4 Å². The van der Waals surface area contributed by atoms with Crippen LogP contribution in [0.25, 0.3) is 22.3 Å². The molecule has 0 saturated carbocycles. The Balaban J connectivity index is 0.000000365. The number of aliphatic carboxylic acids is 3. The maximum Gasteiger partial charge on any atom is 0.490 e. The van der Waals surface area contributed by atoms with Crippen molar-refractivity contribution in [3.05, 3.63) is 78.3 Å². The molecule has 4 aromatic rings. The first-order chi connectivity index (χ1) is 23.9. The molecule has 52 heavy (non-hydrogen) atoms. The number of allylic oxidation sites excluding steroid dienone is 1. The van der Waals surface area contributed by atoms with Crippen LogP contribution in [0.4, 0.5) is 59.9 Å². The third-order valence-corrected chi connectivity index (χ3v) is 6.14.